The number of furan rings is 1. The van der Waals surface area contributed by atoms with Gasteiger partial charge in [-0.3, -0.25) is 14.4 Å². The summed E-state index contributed by atoms with van der Waals surface area (Å²) in [6.45, 7) is 3.10. The van der Waals surface area contributed by atoms with Crippen LogP contribution in [0.3, 0.4) is 0 Å². The smallest absolute Gasteiger partial charge is 0.259 e. The van der Waals surface area contributed by atoms with Gasteiger partial charge in [0.2, 0.25) is 11.6 Å². The largest absolute Gasteiger partial charge is 0.459 e. The monoisotopic (exact) mass is 378 g/mol. The van der Waals surface area contributed by atoms with Crippen LogP contribution in [0.2, 0.25) is 0 Å². The van der Waals surface area contributed by atoms with Gasteiger partial charge in [-0.1, -0.05) is 18.2 Å². The Bertz CT molecular complexity index is 1170. The van der Waals surface area contributed by atoms with E-state index in [0.29, 0.717) is 34.5 Å². The first-order valence-electron chi connectivity index (χ1n) is 9.40. The molecule has 0 saturated carbocycles. The molecular weight excluding hydrogens is 356 g/mol. The van der Waals surface area contributed by atoms with E-state index in [2.05, 4.69) is 4.90 Å². The van der Waals surface area contributed by atoms with E-state index in [1.165, 1.54) is 0 Å². The van der Waals surface area contributed by atoms with Crippen molar-refractivity contribution in [2.45, 2.75) is 26.3 Å². The summed E-state index contributed by atoms with van der Waals surface area (Å²) in [7, 11) is 4.01. The number of aryl methyl sites for hydroxylation is 1. The summed E-state index contributed by atoms with van der Waals surface area (Å²) < 4.78 is 7.41. The lowest BCUT2D eigenvalue weighted by Crippen LogP contribution is -2.30. The van der Waals surface area contributed by atoms with Crippen LogP contribution >= 0.6 is 0 Å². The van der Waals surface area contributed by atoms with Gasteiger partial charge < -0.3 is 13.9 Å². The molecule has 1 aliphatic carbocycles. The molecule has 1 aliphatic rings. The summed E-state index contributed by atoms with van der Waals surface area (Å²) in [4.78, 5) is 41.0. The Morgan fingerprint density at radius 1 is 1.00 bits per heavy atom. The maximum Gasteiger partial charge on any atom is 0.259 e. The van der Waals surface area contributed by atoms with E-state index in [-0.39, 0.29) is 16.7 Å². The third-order valence-electron chi connectivity index (χ3n) is 5.16. The molecule has 6 nitrogen and oxygen atoms in total. The number of hydrogen-bond donors (Lipinski definition) is 0. The number of nitrogens with zero attached hydrogens (tertiary/aromatic N) is 2. The second-order valence-corrected chi connectivity index (χ2v) is 7.49. The van der Waals surface area contributed by atoms with Crippen LogP contribution in [0.15, 0.2) is 39.5 Å². The molecule has 0 unspecified atom stereocenters. The molecule has 0 fully saturated rings. The summed E-state index contributed by atoms with van der Waals surface area (Å²) in [5, 5.41) is 0.951. The van der Waals surface area contributed by atoms with Crippen LogP contribution in [0, 0.1) is 6.92 Å². The molecule has 2 aromatic heterocycles. The molecule has 0 amide bonds. The first-order valence-corrected chi connectivity index (χ1v) is 9.40. The van der Waals surface area contributed by atoms with Gasteiger partial charge in [0.25, 0.3) is 5.56 Å². The van der Waals surface area contributed by atoms with E-state index in [1.54, 1.807) is 41.8 Å². The van der Waals surface area contributed by atoms with E-state index < -0.39 is 11.6 Å². The molecule has 0 aliphatic heterocycles. The molecule has 0 bridgehead atoms. The van der Waals surface area contributed by atoms with Crippen LogP contribution in [-0.2, 0) is 6.54 Å². The first kappa shape index (κ1) is 18.4. The molecule has 6 heteroatoms. The maximum absolute atomic E-state index is 13.2. The molecular formula is C22H22N2O4. The van der Waals surface area contributed by atoms with Crippen LogP contribution in [-0.4, -0.2) is 41.7 Å². The van der Waals surface area contributed by atoms with Gasteiger partial charge in [-0.2, -0.15) is 0 Å². The van der Waals surface area contributed by atoms with Gasteiger partial charge in [0.1, 0.15) is 5.76 Å². The van der Waals surface area contributed by atoms with Crippen molar-refractivity contribution in [2.24, 2.45) is 0 Å². The van der Waals surface area contributed by atoms with Crippen LogP contribution in [0.1, 0.15) is 39.3 Å². The van der Waals surface area contributed by atoms with E-state index in [4.69, 9.17) is 4.42 Å². The van der Waals surface area contributed by atoms with Crippen molar-refractivity contribution in [3.63, 3.8) is 0 Å². The molecule has 0 N–H and O–H groups in total. The van der Waals surface area contributed by atoms with Crippen molar-refractivity contribution in [3.05, 3.63) is 57.6 Å². The molecule has 3 aromatic rings. The third-order valence-corrected chi connectivity index (χ3v) is 5.16. The number of hydrogen-bond acceptors (Lipinski definition) is 5. The standard InChI is InChI=1S/C22H22N2O4/c1-13-12-16-19(25)20(26)17-14-8-4-5-9-15(14)22(27)24(18(17)21(16)28-13)11-7-6-10-23(2)3/h4-5,8-9,12H,6-7,10-11H2,1-3H3. The topological polar surface area (TPSA) is 72.5 Å². The fourth-order valence-electron chi connectivity index (χ4n) is 3.87. The Hall–Kier alpha value is -2.99. The van der Waals surface area contributed by atoms with Crippen LogP contribution < -0.4 is 5.56 Å². The predicted molar refractivity (Wildman–Crippen MR) is 107 cm³/mol. The second-order valence-electron chi connectivity index (χ2n) is 7.49. The summed E-state index contributed by atoms with van der Waals surface area (Å²) >= 11 is 0. The van der Waals surface area contributed by atoms with Crippen LogP contribution in [0.5, 0.6) is 0 Å². The highest BCUT2D eigenvalue weighted by Gasteiger charge is 2.37. The maximum atomic E-state index is 13.2. The molecule has 0 spiro atoms. The van der Waals surface area contributed by atoms with Gasteiger partial charge >= 0.3 is 0 Å². The number of unbranched alkanes of at least 4 members (excludes halogenated alkanes) is 1. The molecule has 0 radical (unpaired) electrons. The zero-order valence-corrected chi connectivity index (χ0v) is 16.2. The van der Waals surface area contributed by atoms with Gasteiger partial charge in [0.15, 0.2) is 5.76 Å². The fraction of sp³-hybridized carbons (Fsp3) is 0.318. The molecule has 4 rings (SSSR count). The lowest BCUT2D eigenvalue weighted by molar-refractivity contribution is 0.0815. The summed E-state index contributed by atoms with van der Waals surface area (Å²) in [6.07, 6.45) is 1.69. The van der Waals surface area contributed by atoms with Crippen molar-refractivity contribution in [1.29, 1.82) is 0 Å². The third kappa shape index (κ3) is 2.81. The number of Topliss-reactive ketones (excluding diaryl/α,β-unsaturated/α-hetero) is 2. The first-order chi connectivity index (χ1) is 13.4. The number of carbonyl (C=O) groups excluding carboxylic acids is 2. The number of pyridine rings is 1. The summed E-state index contributed by atoms with van der Waals surface area (Å²) in [5.74, 6) is -0.296. The van der Waals surface area contributed by atoms with Gasteiger partial charge in [-0.15, -0.1) is 0 Å². The SMILES string of the molecule is Cc1cc2c(o1)-c1c(c3ccccc3c(=O)n1CCCCN(C)C)C(=O)C2=O. The summed E-state index contributed by atoms with van der Waals surface area (Å²) in [6, 6.07) is 8.54. The Morgan fingerprint density at radius 2 is 1.71 bits per heavy atom. The van der Waals surface area contributed by atoms with Gasteiger partial charge in [-0.05, 0) is 52.5 Å². The average Bonchev–Trinajstić information content (AvgIpc) is 3.06. The van der Waals surface area contributed by atoms with E-state index in [0.717, 1.165) is 19.4 Å². The zero-order valence-electron chi connectivity index (χ0n) is 16.2. The van der Waals surface area contributed by atoms with Crippen molar-refractivity contribution in [1.82, 2.24) is 9.47 Å². The Labute approximate surface area is 162 Å². The number of benzene rings is 1. The van der Waals surface area contributed by atoms with Gasteiger partial charge in [0.05, 0.1) is 16.8 Å². The fourth-order valence-corrected chi connectivity index (χ4v) is 3.87. The molecule has 28 heavy (non-hydrogen) atoms. The molecule has 2 heterocycles. The average molecular weight is 378 g/mol. The van der Waals surface area contributed by atoms with Crippen LogP contribution in [0.25, 0.3) is 22.2 Å². The Balaban J connectivity index is 1.97. The lowest BCUT2D eigenvalue weighted by Gasteiger charge is -2.21. The van der Waals surface area contributed by atoms with Crippen molar-refractivity contribution in [3.8, 4) is 11.5 Å². The molecule has 0 saturated heterocycles. The molecule has 144 valence electrons. The minimum Gasteiger partial charge on any atom is -0.459 e. The van der Waals surface area contributed by atoms with E-state index >= 15 is 0 Å². The number of carbonyl (C=O) groups is 2. The Morgan fingerprint density at radius 3 is 2.43 bits per heavy atom. The highest BCUT2D eigenvalue weighted by atomic mass is 16.3. The van der Waals surface area contributed by atoms with Crippen molar-refractivity contribution in [2.75, 3.05) is 20.6 Å². The molecule has 0 atom stereocenters. The highest BCUT2D eigenvalue weighted by molar-refractivity contribution is 6.54. The number of aromatic nitrogens is 1. The van der Waals surface area contributed by atoms with Crippen LogP contribution in [0.4, 0.5) is 0 Å². The lowest BCUT2D eigenvalue weighted by atomic mass is 9.88. The minimum absolute atomic E-state index is 0.165. The van der Waals surface area contributed by atoms with Gasteiger partial charge in [0, 0.05) is 17.3 Å². The molecule has 1 aromatic carbocycles. The zero-order chi connectivity index (χ0) is 20.0. The highest BCUT2D eigenvalue weighted by Crippen LogP contribution is 2.38. The van der Waals surface area contributed by atoms with Crippen molar-refractivity contribution < 1.29 is 14.0 Å². The second kappa shape index (κ2) is 6.87. The number of rotatable bonds is 5. The minimum atomic E-state index is -0.582. The predicted octanol–water partition coefficient (Wildman–Crippen LogP) is 3.29. The Kier molecular flexibility index (Phi) is 4.51. The summed E-state index contributed by atoms with van der Waals surface area (Å²) in [5.41, 5.74) is 0.781. The van der Waals surface area contributed by atoms with Gasteiger partial charge in [-0.25, -0.2) is 0 Å². The van der Waals surface area contributed by atoms with E-state index in [1.807, 2.05) is 14.1 Å². The normalized spacial score (nSPS) is 13.3. The quantitative estimate of drug-likeness (QED) is 0.503. The van der Waals surface area contributed by atoms with E-state index in [9.17, 15) is 14.4 Å². The number of fused-ring (bicyclic) bond motifs is 5. The van der Waals surface area contributed by atoms with Crippen molar-refractivity contribution >= 4 is 22.3 Å². The number of ketones is 2.